The minimum Gasteiger partial charge on any atom is -0.354 e. The molecule has 0 saturated heterocycles. The Kier molecular flexibility index (Phi) is 9.41. The summed E-state index contributed by atoms with van der Waals surface area (Å²) in [7, 11) is 0. The molecule has 2 amide bonds. The summed E-state index contributed by atoms with van der Waals surface area (Å²) in [6.07, 6.45) is 0.775. The van der Waals surface area contributed by atoms with Crippen LogP contribution in [-0.4, -0.2) is 30.9 Å². The lowest BCUT2D eigenvalue weighted by Crippen LogP contribution is -2.43. The van der Waals surface area contributed by atoms with E-state index in [0.29, 0.717) is 6.54 Å². The molecule has 0 aliphatic carbocycles. The fourth-order valence-corrected chi connectivity index (χ4v) is 1.62. The maximum absolute atomic E-state index is 11.6. The number of benzene rings is 1. The van der Waals surface area contributed by atoms with Gasteiger partial charge in [0.15, 0.2) is 0 Å². The Morgan fingerprint density at radius 3 is 2.33 bits per heavy atom. The van der Waals surface area contributed by atoms with Crippen LogP contribution in [0, 0.1) is 5.92 Å². The van der Waals surface area contributed by atoms with E-state index >= 15 is 0 Å². The molecular weight excluding hydrogens is 290 g/mol. The number of nitrogens with two attached hydrogens (primary N) is 1. The molecule has 0 heterocycles. The van der Waals surface area contributed by atoms with Gasteiger partial charge >= 0.3 is 0 Å². The van der Waals surface area contributed by atoms with Gasteiger partial charge in [-0.2, -0.15) is 0 Å². The summed E-state index contributed by atoms with van der Waals surface area (Å²) in [5.74, 6) is -0.684. The van der Waals surface area contributed by atoms with Crippen molar-refractivity contribution < 1.29 is 9.59 Å². The zero-order valence-electron chi connectivity index (χ0n) is 12.5. The van der Waals surface area contributed by atoms with E-state index in [4.69, 9.17) is 5.73 Å². The molecular formula is C15H24ClN3O2. The van der Waals surface area contributed by atoms with Gasteiger partial charge in [-0.1, -0.05) is 37.3 Å². The van der Waals surface area contributed by atoms with Gasteiger partial charge in [0.25, 0.3) is 0 Å². The molecule has 1 aromatic carbocycles. The molecule has 0 aliphatic rings. The van der Waals surface area contributed by atoms with Gasteiger partial charge in [-0.3, -0.25) is 9.59 Å². The molecule has 1 aromatic rings. The third-order valence-electron chi connectivity index (χ3n) is 3.20. The predicted octanol–water partition coefficient (Wildman–Crippen LogP) is 0.867. The Morgan fingerprint density at radius 2 is 1.76 bits per heavy atom. The Hall–Kier alpha value is -1.59. The summed E-state index contributed by atoms with van der Waals surface area (Å²) in [6, 6.07) is 9.68. The van der Waals surface area contributed by atoms with E-state index in [0.717, 1.165) is 6.42 Å². The number of carbonyl (C=O) groups is 2. The molecule has 0 fully saturated rings. The largest absolute Gasteiger partial charge is 0.354 e. The second kappa shape index (κ2) is 10.2. The van der Waals surface area contributed by atoms with Crippen LogP contribution >= 0.6 is 12.4 Å². The van der Waals surface area contributed by atoms with E-state index in [1.165, 1.54) is 5.56 Å². The van der Waals surface area contributed by atoms with E-state index in [1.807, 2.05) is 30.3 Å². The number of amides is 2. The lowest BCUT2D eigenvalue weighted by Gasteiger charge is -2.15. The molecule has 2 unspecified atom stereocenters. The monoisotopic (exact) mass is 313 g/mol. The molecule has 21 heavy (non-hydrogen) atoms. The standard InChI is InChI=1S/C15H23N3O2.ClH/c1-11(12(2)16)15(20)18-10-14(19)17-9-8-13-6-4-3-5-7-13;/h3-7,11-12H,8-10,16H2,1-2H3,(H,17,19)(H,18,20);1H. The molecule has 0 aromatic heterocycles. The lowest BCUT2D eigenvalue weighted by atomic mass is 10.0. The summed E-state index contributed by atoms with van der Waals surface area (Å²) in [6.45, 7) is 4.06. The molecule has 0 saturated carbocycles. The van der Waals surface area contributed by atoms with Crippen LogP contribution in [0.1, 0.15) is 19.4 Å². The van der Waals surface area contributed by atoms with Crippen LogP contribution in [0.3, 0.4) is 0 Å². The maximum atomic E-state index is 11.6. The topological polar surface area (TPSA) is 84.2 Å². The minimum atomic E-state index is -0.299. The Labute approximate surface area is 132 Å². The van der Waals surface area contributed by atoms with Crippen molar-refractivity contribution in [1.29, 1.82) is 0 Å². The highest BCUT2D eigenvalue weighted by molar-refractivity contribution is 5.86. The molecule has 0 aliphatic heterocycles. The Morgan fingerprint density at radius 1 is 1.14 bits per heavy atom. The van der Waals surface area contributed by atoms with Crippen molar-refractivity contribution in [2.75, 3.05) is 13.1 Å². The van der Waals surface area contributed by atoms with Crippen LogP contribution in [-0.2, 0) is 16.0 Å². The van der Waals surface area contributed by atoms with Gasteiger partial charge in [0, 0.05) is 18.5 Å². The van der Waals surface area contributed by atoms with Gasteiger partial charge in [-0.25, -0.2) is 0 Å². The van der Waals surface area contributed by atoms with E-state index in [-0.39, 0.29) is 42.7 Å². The van der Waals surface area contributed by atoms with Crippen molar-refractivity contribution in [3.05, 3.63) is 35.9 Å². The first-order chi connectivity index (χ1) is 9.50. The zero-order chi connectivity index (χ0) is 15.0. The minimum absolute atomic E-state index is 0. The predicted molar refractivity (Wildman–Crippen MR) is 86.2 cm³/mol. The molecule has 0 bridgehead atoms. The first-order valence-electron chi connectivity index (χ1n) is 6.84. The van der Waals surface area contributed by atoms with Crippen molar-refractivity contribution in [2.24, 2.45) is 11.7 Å². The van der Waals surface area contributed by atoms with Gasteiger partial charge in [0.2, 0.25) is 11.8 Å². The van der Waals surface area contributed by atoms with Crippen LogP contribution in [0.2, 0.25) is 0 Å². The maximum Gasteiger partial charge on any atom is 0.239 e. The van der Waals surface area contributed by atoms with Crippen LogP contribution in [0.15, 0.2) is 30.3 Å². The van der Waals surface area contributed by atoms with Crippen molar-refractivity contribution in [1.82, 2.24) is 10.6 Å². The smallest absolute Gasteiger partial charge is 0.239 e. The molecule has 6 heteroatoms. The van der Waals surface area contributed by atoms with E-state index < -0.39 is 0 Å². The zero-order valence-corrected chi connectivity index (χ0v) is 13.3. The summed E-state index contributed by atoms with van der Waals surface area (Å²) in [5, 5.41) is 5.35. The average molecular weight is 314 g/mol. The normalized spacial score (nSPS) is 12.7. The number of hydrogen-bond acceptors (Lipinski definition) is 3. The molecule has 2 atom stereocenters. The van der Waals surface area contributed by atoms with Gasteiger partial charge in [0.1, 0.15) is 0 Å². The van der Waals surface area contributed by atoms with Gasteiger partial charge in [-0.15, -0.1) is 12.4 Å². The van der Waals surface area contributed by atoms with Gasteiger partial charge in [0.05, 0.1) is 6.54 Å². The molecule has 0 radical (unpaired) electrons. The first-order valence-corrected chi connectivity index (χ1v) is 6.84. The summed E-state index contributed by atoms with van der Waals surface area (Å²) < 4.78 is 0. The fraction of sp³-hybridized carbons (Fsp3) is 0.467. The molecule has 0 spiro atoms. The van der Waals surface area contributed by atoms with Crippen molar-refractivity contribution in [3.63, 3.8) is 0 Å². The molecule has 118 valence electrons. The third kappa shape index (κ3) is 7.68. The number of halogens is 1. The second-order valence-electron chi connectivity index (χ2n) is 4.95. The fourth-order valence-electron chi connectivity index (χ4n) is 1.62. The Bertz CT molecular complexity index is 438. The number of hydrogen-bond donors (Lipinski definition) is 3. The Balaban J connectivity index is 0.00000400. The van der Waals surface area contributed by atoms with Crippen molar-refractivity contribution >= 4 is 24.2 Å². The molecule has 1 rings (SSSR count). The van der Waals surface area contributed by atoms with Crippen LogP contribution < -0.4 is 16.4 Å². The SMILES string of the molecule is CC(N)C(C)C(=O)NCC(=O)NCCc1ccccc1.Cl. The highest BCUT2D eigenvalue weighted by atomic mass is 35.5. The molecule has 5 nitrogen and oxygen atoms in total. The summed E-state index contributed by atoms with van der Waals surface area (Å²) >= 11 is 0. The van der Waals surface area contributed by atoms with Gasteiger partial charge < -0.3 is 16.4 Å². The van der Waals surface area contributed by atoms with E-state index in [9.17, 15) is 9.59 Å². The summed E-state index contributed by atoms with van der Waals surface area (Å²) in [4.78, 5) is 23.2. The van der Waals surface area contributed by atoms with Crippen LogP contribution in [0.5, 0.6) is 0 Å². The van der Waals surface area contributed by atoms with Crippen LogP contribution in [0.25, 0.3) is 0 Å². The first kappa shape index (κ1) is 19.4. The highest BCUT2D eigenvalue weighted by Crippen LogP contribution is 1.99. The van der Waals surface area contributed by atoms with Gasteiger partial charge in [-0.05, 0) is 18.9 Å². The summed E-state index contributed by atoms with van der Waals surface area (Å²) in [5.41, 5.74) is 6.80. The van der Waals surface area contributed by atoms with Crippen LogP contribution in [0.4, 0.5) is 0 Å². The number of nitrogens with one attached hydrogen (secondary N) is 2. The molecule has 4 N–H and O–H groups in total. The van der Waals surface area contributed by atoms with E-state index in [2.05, 4.69) is 10.6 Å². The van der Waals surface area contributed by atoms with E-state index in [1.54, 1.807) is 13.8 Å². The third-order valence-corrected chi connectivity index (χ3v) is 3.20. The number of rotatable bonds is 7. The lowest BCUT2D eigenvalue weighted by molar-refractivity contribution is -0.128. The quantitative estimate of drug-likeness (QED) is 0.698. The number of carbonyl (C=O) groups excluding carboxylic acids is 2. The van der Waals surface area contributed by atoms with Crippen molar-refractivity contribution in [2.45, 2.75) is 26.3 Å². The highest BCUT2D eigenvalue weighted by Gasteiger charge is 2.17. The second-order valence-corrected chi connectivity index (χ2v) is 4.95. The average Bonchev–Trinajstić information content (AvgIpc) is 2.45. The van der Waals surface area contributed by atoms with Crippen molar-refractivity contribution in [3.8, 4) is 0 Å².